The fourth-order valence-electron chi connectivity index (χ4n) is 1.39. The van der Waals surface area contributed by atoms with Gasteiger partial charge in [0.05, 0.1) is 12.8 Å². The summed E-state index contributed by atoms with van der Waals surface area (Å²) in [5.41, 5.74) is 2.05. The molecule has 0 saturated heterocycles. The average molecular weight is 211 g/mol. The first kappa shape index (κ1) is 10.4. The number of methoxy groups -OCH3 is 1. The van der Waals surface area contributed by atoms with Gasteiger partial charge in [-0.15, -0.1) is 0 Å². The van der Waals surface area contributed by atoms with Gasteiger partial charge in [-0.3, -0.25) is 4.98 Å². The predicted octanol–water partition coefficient (Wildman–Crippen LogP) is 3.26. The summed E-state index contributed by atoms with van der Waals surface area (Å²) < 4.78 is 5.13. The van der Waals surface area contributed by atoms with E-state index in [9.17, 15) is 0 Å². The molecule has 0 aliphatic rings. The molecule has 0 radical (unpaired) electrons. The smallest absolute Gasteiger partial charge is 0.122 e. The molecule has 0 atom stereocenters. The van der Waals surface area contributed by atoms with Crippen LogP contribution in [0.5, 0.6) is 5.75 Å². The van der Waals surface area contributed by atoms with Crippen LogP contribution in [-0.4, -0.2) is 12.1 Å². The minimum absolute atomic E-state index is 0.822. The highest BCUT2D eigenvalue weighted by atomic mass is 16.5. The first-order chi connectivity index (χ1) is 7.88. The predicted molar refractivity (Wildman–Crippen MR) is 66.2 cm³/mol. The second kappa shape index (κ2) is 5.12. The summed E-state index contributed by atoms with van der Waals surface area (Å²) in [4.78, 5) is 4.24. The van der Waals surface area contributed by atoms with Crippen LogP contribution in [0.4, 0.5) is 0 Å². The third-order valence-corrected chi connectivity index (χ3v) is 2.23. The summed E-state index contributed by atoms with van der Waals surface area (Å²) in [7, 11) is 1.65. The lowest BCUT2D eigenvalue weighted by Gasteiger charge is -1.99. The molecule has 2 aromatic rings. The number of benzene rings is 1. The number of pyridine rings is 1. The van der Waals surface area contributed by atoms with Gasteiger partial charge in [-0.1, -0.05) is 36.4 Å². The van der Waals surface area contributed by atoms with E-state index in [4.69, 9.17) is 4.74 Å². The largest absolute Gasteiger partial charge is 0.497 e. The van der Waals surface area contributed by atoms with Crippen molar-refractivity contribution in [3.8, 4) is 5.75 Å². The van der Waals surface area contributed by atoms with E-state index in [0.29, 0.717) is 0 Å². The normalized spacial score (nSPS) is 10.6. The summed E-state index contributed by atoms with van der Waals surface area (Å²) in [5.74, 6) is 0.822. The molecule has 0 aliphatic carbocycles. The monoisotopic (exact) mass is 211 g/mol. The van der Waals surface area contributed by atoms with Gasteiger partial charge in [0, 0.05) is 12.3 Å². The van der Waals surface area contributed by atoms with E-state index in [1.807, 2.05) is 42.5 Å². The third kappa shape index (κ3) is 2.70. The zero-order valence-corrected chi connectivity index (χ0v) is 9.13. The maximum absolute atomic E-state index is 5.13. The molecule has 0 aliphatic heterocycles. The Morgan fingerprint density at radius 1 is 1.06 bits per heavy atom. The van der Waals surface area contributed by atoms with E-state index in [2.05, 4.69) is 17.1 Å². The van der Waals surface area contributed by atoms with Crippen molar-refractivity contribution in [2.45, 2.75) is 0 Å². The van der Waals surface area contributed by atoms with Gasteiger partial charge in [0.1, 0.15) is 5.75 Å². The molecular weight excluding hydrogens is 198 g/mol. The van der Waals surface area contributed by atoms with Crippen molar-refractivity contribution in [1.29, 1.82) is 0 Å². The maximum atomic E-state index is 5.13. The zero-order valence-electron chi connectivity index (χ0n) is 9.13. The van der Waals surface area contributed by atoms with E-state index in [-0.39, 0.29) is 0 Å². The van der Waals surface area contributed by atoms with E-state index in [1.54, 1.807) is 13.3 Å². The molecule has 2 nitrogen and oxygen atoms in total. The van der Waals surface area contributed by atoms with Crippen LogP contribution >= 0.6 is 0 Å². The van der Waals surface area contributed by atoms with Gasteiger partial charge in [-0.2, -0.15) is 0 Å². The Labute approximate surface area is 95.2 Å². The van der Waals surface area contributed by atoms with Crippen LogP contribution in [0.2, 0.25) is 0 Å². The van der Waals surface area contributed by atoms with Gasteiger partial charge in [0.25, 0.3) is 0 Å². The maximum Gasteiger partial charge on any atom is 0.122 e. The van der Waals surface area contributed by atoms with Gasteiger partial charge >= 0.3 is 0 Å². The molecule has 1 heterocycles. The standard InChI is InChI=1S/C14H13NO/c1-16-14-9-10-15-13(11-14)8-7-12-5-3-2-4-6-12/h2-11H,1H3/b8-7-. The summed E-state index contributed by atoms with van der Waals surface area (Å²) in [6, 6.07) is 13.9. The van der Waals surface area contributed by atoms with Crippen LogP contribution < -0.4 is 4.74 Å². The van der Waals surface area contributed by atoms with Crippen molar-refractivity contribution in [3.05, 3.63) is 59.9 Å². The lowest BCUT2D eigenvalue weighted by atomic mass is 10.2. The summed E-state index contributed by atoms with van der Waals surface area (Å²) in [6.45, 7) is 0. The zero-order chi connectivity index (χ0) is 11.2. The third-order valence-electron chi connectivity index (χ3n) is 2.23. The lowest BCUT2D eigenvalue weighted by molar-refractivity contribution is 0.414. The summed E-state index contributed by atoms with van der Waals surface area (Å²) in [6.07, 6.45) is 5.74. The van der Waals surface area contributed by atoms with Gasteiger partial charge in [-0.25, -0.2) is 0 Å². The molecule has 2 heteroatoms. The number of hydrogen-bond donors (Lipinski definition) is 0. The Bertz CT molecular complexity index is 477. The minimum atomic E-state index is 0.822. The highest BCUT2D eigenvalue weighted by Gasteiger charge is 1.92. The van der Waals surface area contributed by atoms with E-state index in [1.165, 1.54) is 0 Å². The van der Waals surface area contributed by atoms with Gasteiger partial charge in [0.15, 0.2) is 0 Å². The molecule has 0 unspecified atom stereocenters. The quantitative estimate of drug-likeness (QED) is 0.777. The molecule has 0 fully saturated rings. The molecule has 0 N–H and O–H groups in total. The van der Waals surface area contributed by atoms with Crippen LogP contribution in [0.3, 0.4) is 0 Å². The number of rotatable bonds is 3. The molecular formula is C14H13NO. The van der Waals surface area contributed by atoms with Crippen molar-refractivity contribution in [2.75, 3.05) is 7.11 Å². The van der Waals surface area contributed by atoms with Gasteiger partial charge in [-0.05, 0) is 17.7 Å². The highest BCUT2D eigenvalue weighted by molar-refractivity contribution is 5.68. The first-order valence-electron chi connectivity index (χ1n) is 5.11. The van der Waals surface area contributed by atoms with Crippen LogP contribution in [0.15, 0.2) is 48.7 Å². The first-order valence-corrected chi connectivity index (χ1v) is 5.11. The Morgan fingerprint density at radius 3 is 2.62 bits per heavy atom. The topological polar surface area (TPSA) is 22.1 Å². The molecule has 16 heavy (non-hydrogen) atoms. The van der Waals surface area contributed by atoms with Crippen LogP contribution in [0, 0.1) is 0 Å². The van der Waals surface area contributed by atoms with Crippen molar-refractivity contribution >= 4 is 12.2 Å². The second-order valence-corrected chi connectivity index (χ2v) is 3.36. The van der Waals surface area contributed by atoms with Crippen molar-refractivity contribution < 1.29 is 4.74 Å². The molecule has 0 bridgehead atoms. The fraction of sp³-hybridized carbons (Fsp3) is 0.0714. The van der Waals surface area contributed by atoms with Crippen LogP contribution in [0.25, 0.3) is 12.2 Å². The minimum Gasteiger partial charge on any atom is -0.497 e. The van der Waals surface area contributed by atoms with Gasteiger partial charge < -0.3 is 4.74 Å². The van der Waals surface area contributed by atoms with Crippen molar-refractivity contribution in [2.24, 2.45) is 0 Å². The number of hydrogen-bond acceptors (Lipinski definition) is 2. The SMILES string of the molecule is COc1ccnc(/C=C\c2ccccc2)c1. The van der Waals surface area contributed by atoms with E-state index < -0.39 is 0 Å². The van der Waals surface area contributed by atoms with E-state index in [0.717, 1.165) is 17.0 Å². The number of ether oxygens (including phenoxy) is 1. The van der Waals surface area contributed by atoms with Crippen LogP contribution in [-0.2, 0) is 0 Å². The van der Waals surface area contributed by atoms with Crippen molar-refractivity contribution in [1.82, 2.24) is 4.98 Å². The Hall–Kier alpha value is -2.09. The molecule has 2 rings (SSSR count). The summed E-state index contributed by atoms with van der Waals surface area (Å²) >= 11 is 0. The highest BCUT2D eigenvalue weighted by Crippen LogP contribution is 2.12. The van der Waals surface area contributed by atoms with Crippen LogP contribution in [0.1, 0.15) is 11.3 Å². The number of aromatic nitrogens is 1. The average Bonchev–Trinajstić information content (AvgIpc) is 2.38. The van der Waals surface area contributed by atoms with E-state index >= 15 is 0 Å². The molecule has 1 aromatic carbocycles. The molecule has 0 spiro atoms. The Kier molecular flexibility index (Phi) is 3.34. The molecule has 0 saturated carbocycles. The molecule has 0 amide bonds. The molecule has 80 valence electrons. The summed E-state index contributed by atoms with van der Waals surface area (Å²) in [5, 5.41) is 0. The second-order valence-electron chi connectivity index (χ2n) is 3.36. The Balaban J connectivity index is 2.17. The van der Waals surface area contributed by atoms with Crippen molar-refractivity contribution in [3.63, 3.8) is 0 Å². The number of nitrogens with zero attached hydrogens (tertiary/aromatic N) is 1. The lowest BCUT2D eigenvalue weighted by Crippen LogP contribution is -1.85. The Morgan fingerprint density at radius 2 is 1.88 bits per heavy atom. The fourth-order valence-corrected chi connectivity index (χ4v) is 1.39. The van der Waals surface area contributed by atoms with Gasteiger partial charge in [0.2, 0.25) is 0 Å². The molecule has 1 aromatic heterocycles.